The summed E-state index contributed by atoms with van der Waals surface area (Å²) in [7, 11) is 0. The van der Waals surface area contributed by atoms with E-state index in [1.165, 1.54) is 12.8 Å². The van der Waals surface area contributed by atoms with Crippen LogP contribution in [0.2, 0.25) is 0 Å². The fraction of sp³-hybridized carbons (Fsp3) is 1.00. The van der Waals surface area contributed by atoms with Crippen LogP contribution in [0.15, 0.2) is 0 Å². The van der Waals surface area contributed by atoms with E-state index < -0.39 is 5.24 Å². The molecule has 0 saturated heterocycles. The lowest BCUT2D eigenvalue weighted by atomic mass is 10.4. The Bertz CT molecular complexity index is 142. The fourth-order valence-corrected chi connectivity index (χ4v) is 4.75. The Morgan fingerprint density at radius 3 is 1.64 bits per heavy atom. The van der Waals surface area contributed by atoms with E-state index in [2.05, 4.69) is 39.9 Å². The van der Waals surface area contributed by atoms with Gasteiger partial charge < -0.3 is 0 Å². The van der Waals surface area contributed by atoms with Crippen LogP contribution in [0.25, 0.3) is 0 Å². The van der Waals surface area contributed by atoms with Gasteiger partial charge in [-0.15, -0.1) is 12.2 Å². The molecule has 0 aromatic carbocycles. The summed E-state index contributed by atoms with van der Waals surface area (Å²) < 4.78 is 0. The van der Waals surface area contributed by atoms with Crippen molar-refractivity contribution in [1.82, 2.24) is 0 Å². The van der Waals surface area contributed by atoms with E-state index in [4.69, 9.17) is 11.8 Å². The van der Waals surface area contributed by atoms with E-state index in [1.807, 2.05) is 0 Å². The Morgan fingerprint density at radius 2 is 1.45 bits per heavy atom. The van der Waals surface area contributed by atoms with Crippen molar-refractivity contribution in [3.05, 3.63) is 0 Å². The quantitative estimate of drug-likeness (QED) is 0.542. The third kappa shape index (κ3) is 3.08. The highest BCUT2D eigenvalue weighted by molar-refractivity contribution is 8.63. The van der Waals surface area contributed by atoms with Crippen molar-refractivity contribution in [3.63, 3.8) is 0 Å². The summed E-state index contributed by atoms with van der Waals surface area (Å²) in [6, 6.07) is 0. The van der Waals surface area contributed by atoms with Gasteiger partial charge in [0.1, 0.15) is 0 Å². The Labute approximate surface area is 81.3 Å². The first-order valence-electron chi connectivity index (χ1n) is 4.28. The normalized spacial score (nSPS) is 22.3. The molecular formula is C8H19PS2. The molecule has 0 fully saturated rings. The SMILES string of the molecule is CCC(C)P(=S)(S)C(C)CC. The summed E-state index contributed by atoms with van der Waals surface area (Å²) >= 11 is 10.2. The van der Waals surface area contributed by atoms with E-state index in [0.717, 1.165) is 0 Å². The Hall–Kier alpha value is 1.00. The molecule has 0 aromatic rings. The van der Waals surface area contributed by atoms with Crippen molar-refractivity contribution in [3.8, 4) is 0 Å². The molecule has 0 rings (SSSR count). The second-order valence-corrected chi connectivity index (χ2v) is 10.9. The first-order valence-corrected chi connectivity index (χ1v) is 8.38. The highest BCUT2D eigenvalue weighted by atomic mass is 32.9. The molecule has 0 nitrogen and oxygen atoms in total. The molecule has 0 aromatic heterocycles. The van der Waals surface area contributed by atoms with Gasteiger partial charge in [0.2, 0.25) is 0 Å². The van der Waals surface area contributed by atoms with Crippen LogP contribution in [0.5, 0.6) is 0 Å². The first-order chi connectivity index (χ1) is 4.96. The Morgan fingerprint density at radius 1 is 1.18 bits per heavy atom. The molecule has 0 radical (unpaired) electrons. The minimum Gasteiger partial charge on any atom is -0.140 e. The highest BCUT2D eigenvalue weighted by Crippen LogP contribution is 2.61. The van der Waals surface area contributed by atoms with E-state index in [0.29, 0.717) is 11.3 Å². The molecule has 3 heteroatoms. The topological polar surface area (TPSA) is 0 Å². The van der Waals surface area contributed by atoms with Gasteiger partial charge in [0, 0.05) is 5.24 Å². The molecule has 2 unspecified atom stereocenters. The average molecular weight is 210 g/mol. The van der Waals surface area contributed by atoms with Gasteiger partial charge in [0.05, 0.1) is 0 Å². The molecule has 0 aliphatic carbocycles. The van der Waals surface area contributed by atoms with Crippen molar-refractivity contribution in [2.45, 2.75) is 51.9 Å². The average Bonchev–Trinajstić information content (AvgIpc) is 2.01. The molecule has 2 atom stereocenters. The second kappa shape index (κ2) is 4.89. The summed E-state index contributed by atoms with van der Waals surface area (Å²) in [6.45, 7) is 8.87. The van der Waals surface area contributed by atoms with Gasteiger partial charge in [-0.05, 0) is 24.2 Å². The summed E-state index contributed by atoms with van der Waals surface area (Å²) in [4.78, 5) is 0. The van der Waals surface area contributed by atoms with Gasteiger partial charge in [-0.2, -0.15) is 0 Å². The second-order valence-electron chi connectivity index (χ2n) is 3.19. The lowest BCUT2D eigenvalue weighted by Gasteiger charge is -2.28. The lowest BCUT2D eigenvalue weighted by Crippen LogP contribution is -2.08. The van der Waals surface area contributed by atoms with Crippen LogP contribution in [0.3, 0.4) is 0 Å². The largest absolute Gasteiger partial charge is 0.140 e. The summed E-state index contributed by atoms with van der Waals surface area (Å²) in [5.41, 5.74) is 1.27. The van der Waals surface area contributed by atoms with E-state index in [-0.39, 0.29) is 0 Å². The number of hydrogen-bond donors (Lipinski definition) is 1. The first kappa shape index (κ1) is 12.0. The molecule has 0 heterocycles. The molecule has 0 aliphatic rings. The molecule has 11 heavy (non-hydrogen) atoms. The minimum absolute atomic E-state index is 0.635. The van der Waals surface area contributed by atoms with Crippen LogP contribution in [-0.4, -0.2) is 11.3 Å². The van der Waals surface area contributed by atoms with Gasteiger partial charge in [0.15, 0.2) is 0 Å². The smallest absolute Gasteiger partial charge is 0.00875 e. The molecule has 0 aliphatic heterocycles. The molecule has 0 bridgehead atoms. The van der Waals surface area contributed by atoms with Crippen LogP contribution in [0.1, 0.15) is 40.5 Å². The summed E-state index contributed by atoms with van der Waals surface area (Å²) in [5, 5.41) is -1.35. The zero-order valence-electron chi connectivity index (χ0n) is 7.87. The maximum absolute atomic E-state index is 5.56. The van der Waals surface area contributed by atoms with Crippen LogP contribution in [0.4, 0.5) is 0 Å². The molecular weight excluding hydrogens is 191 g/mol. The van der Waals surface area contributed by atoms with Gasteiger partial charge in [-0.25, -0.2) is 0 Å². The van der Waals surface area contributed by atoms with Crippen LogP contribution in [-0.2, 0) is 11.8 Å². The standard InChI is InChI=1S/C8H19PS2/c1-5-7(3)9(10,11)8(4)6-2/h7-8H,5-6H2,1-4H3,(H,10,11). The van der Waals surface area contributed by atoms with Crippen molar-refractivity contribution < 1.29 is 0 Å². The monoisotopic (exact) mass is 210 g/mol. The highest BCUT2D eigenvalue weighted by Gasteiger charge is 2.24. The molecule has 0 saturated carbocycles. The molecule has 0 amide bonds. The maximum atomic E-state index is 5.56. The summed E-state index contributed by atoms with van der Waals surface area (Å²) in [5.74, 6) is 0. The molecule has 68 valence electrons. The van der Waals surface area contributed by atoms with Gasteiger partial charge >= 0.3 is 0 Å². The maximum Gasteiger partial charge on any atom is 0.00875 e. The molecule has 0 N–H and O–H groups in total. The lowest BCUT2D eigenvalue weighted by molar-refractivity contribution is 0.843. The van der Waals surface area contributed by atoms with E-state index in [1.54, 1.807) is 0 Å². The van der Waals surface area contributed by atoms with Crippen LogP contribution in [0, 0.1) is 0 Å². The van der Waals surface area contributed by atoms with Crippen molar-refractivity contribution in [2.24, 2.45) is 0 Å². The van der Waals surface area contributed by atoms with Crippen molar-refractivity contribution in [1.29, 1.82) is 0 Å². The van der Waals surface area contributed by atoms with Crippen LogP contribution >= 0.6 is 17.5 Å². The van der Waals surface area contributed by atoms with Gasteiger partial charge in [0.25, 0.3) is 0 Å². The van der Waals surface area contributed by atoms with Gasteiger partial charge in [-0.1, -0.05) is 39.5 Å². The molecule has 0 spiro atoms. The fourth-order valence-electron chi connectivity index (χ4n) is 0.958. The Balaban J connectivity index is 4.32. The van der Waals surface area contributed by atoms with Crippen molar-refractivity contribution in [2.75, 3.05) is 0 Å². The number of rotatable bonds is 4. The predicted molar refractivity (Wildman–Crippen MR) is 62.8 cm³/mol. The van der Waals surface area contributed by atoms with Crippen molar-refractivity contribution >= 4 is 29.3 Å². The number of hydrogen-bond acceptors (Lipinski definition) is 1. The Kier molecular flexibility index (Phi) is 5.33. The third-order valence-corrected chi connectivity index (χ3v) is 10.2. The zero-order chi connectivity index (χ0) is 9.07. The number of thiol groups is 1. The zero-order valence-corrected chi connectivity index (χ0v) is 10.5. The van der Waals surface area contributed by atoms with Crippen LogP contribution < -0.4 is 0 Å². The predicted octanol–water partition coefficient (Wildman–Crippen LogP) is 3.91. The third-order valence-electron chi connectivity index (χ3n) is 2.44. The van der Waals surface area contributed by atoms with E-state index in [9.17, 15) is 0 Å². The summed E-state index contributed by atoms with van der Waals surface area (Å²) in [6.07, 6.45) is 2.34. The minimum atomic E-state index is -1.35. The van der Waals surface area contributed by atoms with E-state index >= 15 is 0 Å². The van der Waals surface area contributed by atoms with Gasteiger partial charge in [-0.3, -0.25) is 0 Å².